The number of nitrogens with two attached hydrogens (primary N) is 1. The maximum Gasteiger partial charge on any atom is 0.490 e. The lowest BCUT2D eigenvalue weighted by Crippen LogP contribution is -2.44. The SMILES string of the molecule is C[C@H](OP(=O)(O)OP(=O)(O)OP(=O)(O)O)[C@H]1O[C@@H](n2cc(F)c3c(=O)[nH]c(N)nc32)C(F)(C#CCl)[C@H]1O. The molecule has 23 heteroatoms. The van der Waals surface area contributed by atoms with Gasteiger partial charge in [0.1, 0.15) is 17.6 Å². The lowest BCUT2D eigenvalue weighted by molar-refractivity contribution is -0.0753. The molecule has 1 aliphatic heterocycles. The highest BCUT2D eigenvalue weighted by Gasteiger charge is 2.60. The van der Waals surface area contributed by atoms with Crippen LogP contribution in [0.15, 0.2) is 11.0 Å². The number of H-pyrrole nitrogens is 1. The van der Waals surface area contributed by atoms with E-state index >= 15 is 4.39 Å². The number of fused-ring (bicyclic) bond motifs is 1. The number of hydrogen-bond acceptors (Lipinski definition) is 11. The summed E-state index contributed by atoms with van der Waals surface area (Å²) in [5.41, 5.74) is 0.662. The molecule has 2 aromatic rings. The summed E-state index contributed by atoms with van der Waals surface area (Å²) in [6, 6.07) is 0. The third-order valence-electron chi connectivity index (χ3n) is 4.71. The maximum atomic E-state index is 16.0. The molecule has 8 N–H and O–H groups in total. The molecule has 3 unspecified atom stereocenters. The number of nitrogen functional groups attached to an aromatic ring is 1. The Balaban J connectivity index is 1.96. The van der Waals surface area contributed by atoms with Gasteiger partial charge in [-0.3, -0.25) is 18.9 Å². The largest absolute Gasteiger partial charge is 0.490 e. The van der Waals surface area contributed by atoms with Crippen LogP contribution in [0.1, 0.15) is 13.2 Å². The number of aliphatic hydroxyl groups excluding tert-OH is 1. The molecule has 1 fully saturated rings. The van der Waals surface area contributed by atoms with Gasteiger partial charge in [0.05, 0.1) is 6.10 Å². The molecule has 0 bridgehead atoms. The molecule has 7 atom stereocenters. The summed E-state index contributed by atoms with van der Waals surface area (Å²) in [6.45, 7) is 0.887. The van der Waals surface area contributed by atoms with Gasteiger partial charge in [-0.1, -0.05) is 0 Å². The van der Waals surface area contributed by atoms with Crippen molar-refractivity contribution >= 4 is 52.1 Å². The van der Waals surface area contributed by atoms with E-state index in [2.05, 4.69) is 18.1 Å². The van der Waals surface area contributed by atoms with Crippen LogP contribution in [0.5, 0.6) is 0 Å². The van der Waals surface area contributed by atoms with Crippen LogP contribution in [0, 0.1) is 17.1 Å². The summed E-state index contributed by atoms with van der Waals surface area (Å²) >= 11 is 5.31. The molecule has 37 heavy (non-hydrogen) atoms. The molecule has 206 valence electrons. The molecule has 1 saturated heterocycles. The van der Waals surface area contributed by atoms with Crippen molar-refractivity contribution in [1.29, 1.82) is 0 Å². The summed E-state index contributed by atoms with van der Waals surface area (Å²) < 4.78 is 82.5. The summed E-state index contributed by atoms with van der Waals surface area (Å²) in [4.78, 5) is 54.0. The summed E-state index contributed by atoms with van der Waals surface area (Å²) in [7, 11) is -17.3. The number of aromatic amines is 1. The lowest BCUT2D eigenvalue weighted by atomic mass is 9.95. The standard InChI is InChI=1S/C14H16ClF2N4O13P3/c1-5(32-36(27,28)34-37(29,30)33-35(24,25)26)8-9(22)14(17,2-3-15)12(31-8)21-4-6(16)7-10(21)19-13(18)20-11(7)23/h4-5,8-9,12,22H,1H3,(H,27,28)(H,29,30)(H2,24,25,26)(H3,18,19,20,23)/t5-,8+,9-,12+,14?/m0/s1. The molecule has 0 aliphatic carbocycles. The van der Waals surface area contributed by atoms with Gasteiger partial charge in [-0.15, -0.1) is 0 Å². The van der Waals surface area contributed by atoms with E-state index in [4.69, 9.17) is 31.9 Å². The molecule has 3 heterocycles. The van der Waals surface area contributed by atoms with E-state index in [0.717, 1.165) is 6.92 Å². The summed E-state index contributed by atoms with van der Waals surface area (Å²) in [6.07, 6.45) is -7.83. The number of hydrogen-bond donors (Lipinski definition) is 7. The first-order chi connectivity index (χ1) is 16.8. The Hall–Kier alpha value is -1.74. The van der Waals surface area contributed by atoms with Crippen molar-refractivity contribution in [2.45, 2.75) is 37.1 Å². The second-order valence-corrected chi connectivity index (χ2v) is 11.9. The van der Waals surface area contributed by atoms with Gasteiger partial charge in [-0.2, -0.15) is 13.6 Å². The van der Waals surface area contributed by atoms with Crippen molar-refractivity contribution in [3.8, 4) is 11.3 Å². The van der Waals surface area contributed by atoms with E-state index < -0.39 is 82.0 Å². The number of phosphoric acid groups is 3. The zero-order valence-electron chi connectivity index (χ0n) is 17.8. The first-order valence-electron chi connectivity index (χ1n) is 9.33. The van der Waals surface area contributed by atoms with Crippen LogP contribution in [0.3, 0.4) is 0 Å². The number of alkyl halides is 1. The van der Waals surface area contributed by atoms with E-state index in [1.165, 1.54) is 0 Å². The van der Waals surface area contributed by atoms with Crippen molar-refractivity contribution in [3.63, 3.8) is 0 Å². The molecule has 0 aromatic carbocycles. The Kier molecular flexibility index (Phi) is 8.14. The molecule has 0 amide bonds. The van der Waals surface area contributed by atoms with Gasteiger partial charge in [0.15, 0.2) is 17.7 Å². The van der Waals surface area contributed by atoms with Gasteiger partial charge in [-0.05, 0) is 24.4 Å². The summed E-state index contributed by atoms with van der Waals surface area (Å²) in [5.74, 6) is 0.110. The number of aliphatic hydroxyl groups is 1. The minimum absolute atomic E-state index is 0.499. The highest BCUT2D eigenvalue weighted by atomic mass is 35.5. The molecule has 17 nitrogen and oxygen atoms in total. The molecular weight excluding hydrogens is 599 g/mol. The predicted molar refractivity (Wildman–Crippen MR) is 117 cm³/mol. The summed E-state index contributed by atoms with van der Waals surface area (Å²) in [5, 5.41) is 11.6. The Labute approximate surface area is 208 Å². The van der Waals surface area contributed by atoms with Crippen LogP contribution >= 0.6 is 35.1 Å². The van der Waals surface area contributed by atoms with Crippen LogP contribution in [0.2, 0.25) is 0 Å². The Bertz CT molecular complexity index is 1490. The Morgan fingerprint density at radius 2 is 1.92 bits per heavy atom. The van der Waals surface area contributed by atoms with Gasteiger partial charge in [0.2, 0.25) is 11.6 Å². The minimum Gasteiger partial charge on any atom is -0.386 e. The number of nitrogens with one attached hydrogen (secondary N) is 1. The lowest BCUT2D eigenvalue weighted by Gasteiger charge is -2.25. The topological polar surface area (TPSA) is 266 Å². The molecule has 3 rings (SSSR count). The molecule has 0 saturated carbocycles. The van der Waals surface area contributed by atoms with Crippen molar-refractivity contribution in [2.24, 2.45) is 0 Å². The van der Waals surface area contributed by atoms with E-state index in [0.29, 0.717) is 10.8 Å². The predicted octanol–water partition coefficient (Wildman–Crippen LogP) is 0.344. The van der Waals surface area contributed by atoms with E-state index in [1.54, 1.807) is 5.38 Å². The van der Waals surface area contributed by atoms with Gasteiger partial charge < -0.3 is 35.2 Å². The number of rotatable bonds is 8. The first kappa shape index (κ1) is 29.8. The van der Waals surface area contributed by atoms with Gasteiger partial charge in [0, 0.05) is 11.6 Å². The van der Waals surface area contributed by atoms with Gasteiger partial charge in [0.25, 0.3) is 5.56 Å². The van der Waals surface area contributed by atoms with Gasteiger partial charge >= 0.3 is 23.5 Å². The molecule has 1 aliphatic rings. The second kappa shape index (κ2) is 10.1. The Morgan fingerprint density at radius 1 is 1.30 bits per heavy atom. The zero-order chi connectivity index (χ0) is 28.1. The van der Waals surface area contributed by atoms with E-state index in [9.17, 15) is 37.8 Å². The number of ether oxygens (including phenoxy) is 1. The quantitative estimate of drug-likeness (QED) is 0.156. The van der Waals surface area contributed by atoms with Gasteiger partial charge in [-0.25, -0.2) is 22.5 Å². The monoisotopic (exact) mass is 614 g/mol. The fourth-order valence-corrected chi connectivity index (χ4v) is 6.77. The number of halogens is 3. The number of nitrogens with zero attached hydrogens (tertiary/aromatic N) is 2. The molecule has 0 spiro atoms. The van der Waals surface area contributed by atoms with Crippen LogP contribution in [-0.2, 0) is 31.6 Å². The number of phosphoric ester groups is 1. The smallest absolute Gasteiger partial charge is 0.386 e. The van der Waals surface area contributed by atoms with Crippen molar-refractivity contribution in [1.82, 2.24) is 14.5 Å². The highest BCUT2D eigenvalue weighted by molar-refractivity contribution is 7.66. The third kappa shape index (κ3) is 6.29. The molecule has 2 aromatic heterocycles. The van der Waals surface area contributed by atoms with Crippen LogP contribution < -0.4 is 11.3 Å². The fourth-order valence-electron chi connectivity index (χ4n) is 3.43. The van der Waals surface area contributed by atoms with Crippen molar-refractivity contribution < 1.29 is 65.0 Å². The third-order valence-corrected chi connectivity index (χ3v) is 8.73. The normalized spacial score (nSPS) is 28.3. The first-order valence-corrected chi connectivity index (χ1v) is 14.2. The maximum absolute atomic E-state index is 16.0. The van der Waals surface area contributed by atoms with Crippen LogP contribution in [-0.4, -0.2) is 63.2 Å². The van der Waals surface area contributed by atoms with Crippen molar-refractivity contribution in [3.05, 3.63) is 22.4 Å². The minimum atomic E-state index is -5.89. The highest BCUT2D eigenvalue weighted by Crippen LogP contribution is 2.66. The van der Waals surface area contributed by atoms with Crippen LogP contribution in [0.4, 0.5) is 14.7 Å². The zero-order valence-corrected chi connectivity index (χ0v) is 21.3. The number of aromatic nitrogens is 3. The van der Waals surface area contributed by atoms with Crippen molar-refractivity contribution in [2.75, 3.05) is 5.73 Å². The Morgan fingerprint density at radius 3 is 2.49 bits per heavy atom. The van der Waals surface area contributed by atoms with E-state index in [-0.39, 0.29) is 0 Å². The molecular formula is C14H16ClF2N4O13P3. The second-order valence-electron chi connectivity index (χ2n) is 7.32. The average molecular weight is 615 g/mol. The van der Waals surface area contributed by atoms with E-state index in [1.807, 2.05) is 10.9 Å². The fraction of sp³-hybridized carbons (Fsp3) is 0.429. The number of anilines is 1. The molecule has 0 radical (unpaired) electrons. The van der Waals surface area contributed by atoms with Crippen LogP contribution in [0.25, 0.3) is 11.0 Å². The average Bonchev–Trinajstić information content (AvgIpc) is 3.13.